The summed E-state index contributed by atoms with van der Waals surface area (Å²) in [6, 6.07) is 32.8. The van der Waals surface area contributed by atoms with Gasteiger partial charge in [0.2, 0.25) is 0 Å². The highest BCUT2D eigenvalue weighted by molar-refractivity contribution is 7.99. The predicted octanol–water partition coefficient (Wildman–Crippen LogP) is 6.20. The molecule has 1 aliphatic rings. The van der Waals surface area contributed by atoms with Crippen LogP contribution in [-0.2, 0) is 11.8 Å². The SMILES string of the molecule is Cn1c(SCC(=O)N2N=C(c3ccc4ccccc4c3)C[C@H]2c2ccccc2)nc2ccccc21. The molecule has 1 aromatic heterocycles. The van der Waals surface area contributed by atoms with Gasteiger partial charge in [-0.05, 0) is 40.1 Å². The summed E-state index contributed by atoms with van der Waals surface area (Å²) in [5.41, 5.74) is 5.08. The molecule has 1 atom stereocenters. The van der Waals surface area contributed by atoms with Crippen molar-refractivity contribution in [2.24, 2.45) is 12.1 Å². The maximum atomic E-state index is 13.5. The fourth-order valence-electron chi connectivity index (χ4n) is 4.66. The van der Waals surface area contributed by atoms with Crippen LogP contribution >= 0.6 is 11.8 Å². The average molecular weight is 477 g/mol. The van der Waals surface area contributed by atoms with Crippen LogP contribution < -0.4 is 0 Å². The third kappa shape index (κ3) is 4.10. The van der Waals surface area contributed by atoms with Gasteiger partial charge in [-0.1, -0.05) is 90.6 Å². The maximum Gasteiger partial charge on any atom is 0.253 e. The van der Waals surface area contributed by atoms with Crippen molar-refractivity contribution in [3.05, 3.63) is 108 Å². The molecule has 0 unspecified atom stereocenters. The molecule has 35 heavy (non-hydrogen) atoms. The Balaban J connectivity index is 1.29. The van der Waals surface area contributed by atoms with Crippen molar-refractivity contribution in [3.8, 4) is 0 Å². The lowest BCUT2D eigenvalue weighted by Crippen LogP contribution is -2.28. The number of hydrogen-bond donors (Lipinski definition) is 0. The van der Waals surface area contributed by atoms with Gasteiger partial charge in [-0.25, -0.2) is 9.99 Å². The van der Waals surface area contributed by atoms with E-state index in [1.165, 1.54) is 22.5 Å². The molecular formula is C29H24N4OS. The van der Waals surface area contributed by atoms with E-state index in [-0.39, 0.29) is 17.7 Å². The number of benzene rings is 4. The normalized spacial score (nSPS) is 15.6. The van der Waals surface area contributed by atoms with E-state index in [0.717, 1.165) is 33.0 Å². The highest BCUT2D eigenvalue weighted by Gasteiger charge is 2.33. The predicted molar refractivity (Wildman–Crippen MR) is 143 cm³/mol. The minimum Gasteiger partial charge on any atom is -0.322 e. The first kappa shape index (κ1) is 21.6. The first-order valence-electron chi connectivity index (χ1n) is 11.7. The molecule has 5 aromatic rings. The van der Waals surface area contributed by atoms with Crippen molar-refractivity contribution < 1.29 is 4.79 Å². The van der Waals surface area contributed by atoms with Crippen LogP contribution in [0.2, 0.25) is 0 Å². The molecule has 4 aromatic carbocycles. The number of aromatic nitrogens is 2. The summed E-state index contributed by atoms with van der Waals surface area (Å²) in [5, 5.41) is 9.73. The first-order valence-corrected chi connectivity index (χ1v) is 12.6. The molecule has 0 N–H and O–H groups in total. The van der Waals surface area contributed by atoms with Crippen molar-refractivity contribution >= 4 is 45.2 Å². The Kier molecular flexibility index (Phi) is 5.58. The number of imidazole rings is 1. The Hall–Kier alpha value is -3.90. The van der Waals surface area contributed by atoms with Gasteiger partial charge in [0.15, 0.2) is 5.16 Å². The van der Waals surface area contributed by atoms with Crippen LogP contribution in [0.1, 0.15) is 23.6 Å². The van der Waals surface area contributed by atoms with Crippen LogP contribution in [0.4, 0.5) is 0 Å². The second-order valence-electron chi connectivity index (χ2n) is 8.71. The smallest absolute Gasteiger partial charge is 0.253 e. The summed E-state index contributed by atoms with van der Waals surface area (Å²) in [5.74, 6) is 0.251. The van der Waals surface area contributed by atoms with Crippen molar-refractivity contribution in [1.29, 1.82) is 0 Å². The Bertz CT molecular complexity index is 1570. The molecule has 0 spiro atoms. The number of para-hydroxylation sites is 2. The van der Waals surface area contributed by atoms with Crippen LogP contribution in [0.5, 0.6) is 0 Å². The van der Waals surface area contributed by atoms with Crippen molar-refractivity contribution in [3.63, 3.8) is 0 Å². The number of amides is 1. The van der Waals surface area contributed by atoms with Gasteiger partial charge in [0.05, 0.1) is 28.5 Å². The van der Waals surface area contributed by atoms with Gasteiger partial charge < -0.3 is 4.57 Å². The summed E-state index contributed by atoms with van der Waals surface area (Å²) in [7, 11) is 1.99. The molecule has 0 aliphatic carbocycles. The van der Waals surface area contributed by atoms with Gasteiger partial charge in [-0.2, -0.15) is 5.10 Å². The minimum absolute atomic E-state index is 0.0216. The second kappa shape index (κ2) is 9.04. The van der Waals surface area contributed by atoms with E-state index < -0.39 is 0 Å². The molecule has 0 saturated heterocycles. The molecule has 172 valence electrons. The zero-order valence-electron chi connectivity index (χ0n) is 19.3. The summed E-state index contributed by atoms with van der Waals surface area (Å²) in [4.78, 5) is 18.2. The number of carbonyl (C=O) groups is 1. The van der Waals surface area contributed by atoms with E-state index in [4.69, 9.17) is 10.1 Å². The molecule has 0 bridgehead atoms. The van der Waals surface area contributed by atoms with E-state index in [0.29, 0.717) is 6.42 Å². The standard InChI is InChI=1S/C29H24N4OS/c1-32-26-14-8-7-13-24(26)30-29(32)35-19-28(34)33-27(21-10-3-2-4-11-21)18-25(31-33)23-16-15-20-9-5-6-12-22(20)17-23/h2-17,27H,18-19H2,1H3/t27-/m0/s1. The lowest BCUT2D eigenvalue weighted by atomic mass is 9.97. The lowest BCUT2D eigenvalue weighted by Gasteiger charge is -2.21. The van der Waals surface area contributed by atoms with Gasteiger partial charge in [-0.15, -0.1) is 0 Å². The van der Waals surface area contributed by atoms with Crippen LogP contribution in [0, 0.1) is 0 Å². The van der Waals surface area contributed by atoms with Gasteiger partial charge in [0, 0.05) is 13.5 Å². The van der Waals surface area contributed by atoms with Gasteiger partial charge in [0.25, 0.3) is 5.91 Å². The topological polar surface area (TPSA) is 50.5 Å². The van der Waals surface area contributed by atoms with Crippen molar-refractivity contribution in [1.82, 2.24) is 14.6 Å². The molecule has 2 heterocycles. The van der Waals surface area contributed by atoms with Crippen LogP contribution in [0.25, 0.3) is 21.8 Å². The van der Waals surface area contributed by atoms with Gasteiger partial charge in [-0.3, -0.25) is 4.79 Å². The number of fused-ring (bicyclic) bond motifs is 2. The maximum absolute atomic E-state index is 13.5. The molecule has 1 amide bonds. The first-order chi connectivity index (χ1) is 17.2. The van der Waals surface area contributed by atoms with E-state index in [9.17, 15) is 4.79 Å². The number of thioether (sulfide) groups is 1. The largest absolute Gasteiger partial charge is 0.322 e. The molecule has 6 rings (SSSR count). The van der Waals surface area contributed by atoms with E-state index in [1.54, 1.807) is 5.01 Å². The zero-order chi connectivity index (χ0) is 23.8. The van der Waals surface area contributed by atoms with Crippen molar-refractivity contribution in [2.45, 2.75) is 17.6 Å². The Morgan fingerprint density at radius 3 is 2.49 bits per heavy atom. The summed E-state index contributed by atoms with van der Waals surface area (Å²) < 4.78 is 2.04. The number of hydrogen-bond acceptors (Lipinski definition) is 4. The van der Waals surface area contributed by atoms with Crippen molar-refractivity contribution in [2.75, 3.05) is 5.75 Å². The zero-order valence-corrected chi connectivity index (χ0v) is 20.2. The molecule has 6 heteroatoms. The molecular weight excluding hydrogens is 452 g/mol. The highest BCUT2D eigenvalue weighted by atomic mass is 32.2. The number of hydrazone groups is 1. The lowest BCUT2D eigenvalue weighted by molar-refractivity contribution is -0.130. The average Bonchev–Trinajstić information content (AvgIpc) is 3.50. The van der Waals surface area contributed by atoms with Crippen LogP contribution in [0.15, 0.2) is 107 Å². The van der Waals surface area contributed by atoms with Gasteiger partial charge in [0.1, 0.15) is 0 Å². The fraction of sp³-hybridized carbons (Fsp3) is 0.138. The quantitative estimate of drug-likeness (QED) is 0.284. The van der Waals surface area contributed by atoms with Crippen LogP contribution in [-0.4, -0.2) is 31.9 Å². The van der Waals surface area contributed by atoms with Gasteiger partial charge >= 0.3 is 0 Å². The molecule has 0 saturated carbocycles. The van der Waals surface area contributed by atoms with E-state index >= 15 is 0 Å². The molecule has 0 radical (unpaired) electrons. The monoisotopic (exact) mass is 476 g/mol. The third-order valence-corrected chi connectivity index (χ3v) is 7.52. The minimum atomic E-state index is -0.119. The summed E-state index contributed by atoms with van der Waals surface area (Å²) in [6.45, 7) is 0. The third-order valence-electron chi connectivity index (χ3n) is 6.50. The molecule has 1 aliphatic heterocycles. The van der Waals surface area contributed by atoms with E-state index in [2.05, 4.69) is 42.5 Å². The highest BCUT2D eigenvalue weighted by Crippen LogP contribution is 2.34. The Morgan fingerprint density at radius 2 is 1.66 bits per heavy atom. The molecule has 0 fully saturated rings. The fourth-order valence-corrected chi connectivity index (χ4v) is 5.50. The second-order valence-corrected chi connectivity index (χ2v) is 9.65. The number of rotatable bonds is 5. The van der Waals surface area contributed by atoms with Crippen LogP contribution in [0.3, 0.4) is 0 Å². The Labute approximate surface area is 208 Å². The molecule has 5 nitrogen and oxygen atoms in total. The number of aryl methyl sites for hydroxylation is 1. The summed E-state index contributed by atoms with van der Waals surface area (Å²) in [6.07, 6.45) is 0.686. The van der Waals surface area contributed by atoms with E-state index in [1.807, 2.05) is 66.2 Å². The number of carbonyl (C=O) groups excluding carboxylic acids is 1. The summed E-state index contributed by atoms with van der Waals surface area (Å²) >= 11 is 1.46. The number of nitrogens with zero attached hydrogens (tertiary/aromatic N) is 4. The Morgan fingerprint density at radius 1 is 0.914 bits per heavy atom.